The van der Waals surface area contributed by atoms with Crippen LogP contribution < -0.4 is 15.5 Å². The number of rotatable bonds is 19. The normalized spacial score (nSPS) is 13.0. The molecule has 2 N–H and O–H groups in total. The summed E-state index contributed by atoms with van der Waals surface area (Å²) in [6.07, 6.45) is 1.50. The molecule has 3 aromatic carbocycles. The zero-order chi connectivity index (χ0) is 46.0. The number of benzene rings is 3. The van der Waals surface area contributed by atoms with Crippen LogP contribution in [0.4, 0.5) is 16.2 Å². The van der Waals surface area contributed by atoms with Gasteiger partial charge < -0.3 is 19.7 Å². The van der Waals surface area contributed by atoms with Crippen molar-refractivity contribution in [1.82, 2.24) is 20.3 Å². The highest BCUT2D eigenvalue weighted by Crippen LogP contribution is 2.43. The monoisotopic (exact) mass is 898 g/mol. The maximum atomic E-state index is 14.0. The number of para-hydroxylation sites is 1. The molecule has 0 radical (unpaired) electrons. The van der Waals surface area contributed by atoms with Gasteiger partial charge in [0.05, 0.1) is 29.1 Å². The molecule has 14 heteroatoms. The summed E-state index contributed by atoms with van der Waals surface area (Å²) in [5.41, 5.74) is 5.42. The number of ether oxygens (including phenoxy) is 2. The van der Waals surface area contributed by atoms with Crippen LogP contribution in [0.15, 0.2) is 72.8 Å². The summed E-state index contributed by atoms with van der Waals surface area (Å²) in [7, 11) is 3.15. The molecule has 0 bridgehead atoms. The predicted molar refractivity (Wildman–Crippen MR) is 257 cm³/mol. The van der Waals surface area contributed by atoms with Crippen molar-refractivity contribution in [1.29, 1.82) is 0 Å². The third-order valence-electron chi connectivity index (χ3n) is 10.7. The third-order valence-corrected chi connectivity index (χ3v) is 13.1. The van der Waals surface area contributed by atoms with Gasteiger partial charge in [-0.2, -0.15) is 0 Å². The first-order valence-corrected chi connectivity index (χ1v) is 24.3. The van der Waals surface area contributed by atoms with Gasteiger partial charge in [0.1, 0.15) is 18.1 Å². The predicted octanol–water partition coefficient (Wildman–Crippen LogP) is 10.5. The van der Waals surface area contributed by atoms with Crippen LogP contribution >= 0.6 is 21.6 Å². The fourth-order valence-corrected chi connectivity index (χ4v) is 8.96. The van der Waals surface area contributed by atoms with Gasteiger partial charge in [-0.25, -0.2) is 9.48 Å². The molecule has 0 spiro atoms. The van der Waals surface area contributed by atoms with Crippen LogP contribution in [-0.4, -0.2) is 75.5 Å². The molecule has 1 aromatic heterocycles. The number of carbonyl (C=O) groups is 4. The summed E-state index contributed by atoms with van der Waals surface area (Å²) < 4.78 is 13.6. The molecule has 0 saturated heterocycles. The van der Waals surface area contributed by atoms with E-state index in [9.17, 15) is 19.2 Å². The maximum Gasteiger partial charge on any atom is 0.411 e. The molecule has 2 heterocycles. The van der Waals surface area contributed by atoms with Crippen LogP contribution in [0.3, 0.4) is 0 Å². The van der Waals surface area contributed by atoms with Gasteiger partial charge in [0.15, 0.2) is 0 Å². The first-order valence-electron chi connectivity index (χ1n) is 21.8. The Kier molecular flexibility index (Phi) is 16.7. The molecule has 0 saturated carbocycles. The Balaban J connectivity index is 1.12. The highest BCUT2D eigenvalue weighted by molar-refractivity contribution is 8.76. The molecule has 63 heavy (non-hydrogen) atoms. The summed E-state index contributed by atoms with van der Waals surface area (Å²) in [6, 6.07) is 23.5. The minimum Gasteiger partial charge on any atom is -0.448 e. The lowest BCUT2D eigenvalue weighted by Gasteiger charge is -2.32. The summed E-state index contributed by atoms with van der Waals surface area (Å²) in [4.78, 5) is 53.7. The van der Waals surface area contributed by atoms with Gasteiger partial charge in [-0.15, -0.1) is 5.10 Å². The van der Waals surface area contributed by atoms with Crippen molar-refractivity contribution in [2.45, 2.75) is 119 Å². The van der Waals surface area contributed by atoms with Gasteiger partial charge in [-0.3, -0.25) is 19.7 Å². The van der Waals surface area contributed by atoms with Crippen LogP contribution in [0.5, 0.6) is 0 Å². The van der Waals surface area contributed by atoms with Crippen molar-refractivity contribution >= 4 is 56.7 Å². The van der Waals surface area contributed by atoms with E-state index in [1.54, 1.807) is 26.5 Å². The highest BCUT2D eigenvalue weighted by atomic mass is 33.1. The number of nitrogens with zero attached hydrogens (tertiary/aromatic N) is 4. The largest absolute Gasteiger partial charge is 0.448 e. The standard InChI is InChI=1S/C49H66N6O6S2/c1-46(2,3)31-34-19-21-36(22-20-34)51-45(59)60-28-30-63-62-29-26-50-41(57)23-24-42(58)54-33-35-15-11-12-16-37(35)44-43(38-17-13-14-18-39(38)54)52-53-55(44)48(7,8)25-27-61-49(9,10)32-40(56)47(4,5)6/h11-22H,23-33H2,1-10H3,(H,50,57)(H,51,59). The molecule has 5 rings (SSSR count). The van der Waals surface area contributed by atoms with Crippen molar-refractivity contribution in [3.05, 3.63) is 83.9 Å². The molecule has 340 valence electrons. The molecule has 3 amide bonds. The van der Waals surface area contributed by atoms with E-state index in [2.05, 4.69) is 45.3 Å². The fraction of sp³-hybridized carbons (Fsp3) is 0.510. The minimum atomic E-state index is -0.613. The number of hydrogen-bond acceptors (Lipinski definition) is 10. The molecule has 0 unspecified atom stereocenters. The Hall–Kier alpha value is -4.66. The number of hydrogen-bond donors (Lipinski definition) is 2. The van der Waals surface area contributed by atoms with E-state index >= 15 is 0 Å². The maximum absolute atomic E-state index is 14.0. The van der Waals surface area contributed by atoms with E-state index in [-0.39, 0.29) is 42.5 Å². The number of Topliss-reactive ketones (excluding diaryl/α,β-unsaturated/α-hetero) is 1. The van der Waals surface area contributed by atoms with E-state index in [1.165, 1.54) is 5.56 Å². The van der Waals surface area contributed by atoms with Gasteiger partial charge in [0, 0.05) is 66.1 Å². The lowest BCUT2D eigenvalue weighted by atomic mass is 9.84. The molecule has 0 aliphatic carbocycles. The molecule has 1 aliphatic heterocycles. The third kappa shape index (κ3) is 14.4. The minimum absolute atomic E-state index is 0.0367. The van der Waals surface area contributed by atoms with Crippen molar-refractivity contribution in [3.63, 3.8) is 0 Å². The number of aromatic nitrogens is 3. The second-order valence-electron chi connectivity index (χ2n) is 19.6. The lowest BCUT2D eigenvalue weighted by Crippen LogP contribution is -2.36. The summed E-state index contributed by atoms with van der Waals surface area (Å²) in [6.45, 7) is 22.0. The molecular weight excluding hydrogens is 833 g/mol. The molecular formula is C49H66N6O6S2. The molecule has 0 fully saturated rings. The van der Waals surface area contributed by atoms with Gasteiger partial charge in [0.2, 0.25) is 11.8 Å². The zero-order valence-corrected chi connectivity index (χ0v) is 40.4. The van der Waals surface area contributed by atoms with E-state index < -0.39 is 22.6 Å². The zero-order valence-electron chi connectivity index (χ0n) is 38.8. The Morgan fingerprint density at radius 1 is 0.778 bits per heavy atom. The van der Waals surface area contributed by atoms with Crippen LogP contribution in [0.25, 0.3) is 22.5 Å². The van der Waals surface area contributed by atoms with E-state index in [4.69, 9.17) is 19.8 Å². The van der Waals surface area contributed by atoms with Crippen LogP contribution in [-0.2, 0) is 42.4 Å². The van der Waals surface area contributed by atoms with Crippen LogP contribution in [0.1, 0.15) is 106 Å². The lowest BCUT2D eigenvalue weighted by molar-refractivity contribution is -0.133. The SMILES string of the molecule is CC(C)(C)Cc1ccc(NC(=O)OCCSSCCNC(=O)CCC(=O)N2Cc3ccccc3-c3c(nnn3C(C)(C)CCOC(C)(C)CC(=O)C(C)(C)C)-c3ccccc32)cc1. The smallest absolute Gasteiger partial charge is 0.411 e. The molecule has 12 nitrogen and oxygen atoms in total. The van der Waals surface area contributed by atoms with Crippen LogP contribution in [0, 0.1) is 10.8 Å². The number of amides is 3. The number of ketones is 1. The van der Waals surface area contributed by atoms with E-state index in [0.717, 1.165) is 28.8 Å². The van der Waals surface area contributed by atoms with Gasteiger partial charge >= 0.3 is 6.09 Å². The first-order chi connectivity index (χ1) is 29.6. The Morgan fingerprint density at radius 3 is 2.14 bits per heavy atom. The first kappa shape index (κ1) is 49.4. The molecule has 0 atom stereocenters. The van der Waals surface area contributed by atoms with Crippen molar-refractivity contribution < 1.29 is 28.7 Å². The molecule has 1 aliphatic rings. The fourth-order valence-electron chi connectivity index (χ4n) is 7.23. The average molecular weight is 899 g/mol. The number of carbonyl (C=O) groups excluding carboxylic acids is 4. The summed E-state index contributed by atoms with van der Waals surface area (Å²) in [5, 5.41) is 15.2. The molecule has 4 aromatic rings. The van der Waals surface area contributed by atoms with Gasteiger partial charge in [0.25, 0.3) is 0 Å². The van der Waals surface area contributed by atoms with E-state index in [1.807, 2.05) is 112 Å². The van der Waals surface area contributed by atoms with Crippen molar-refractivity contribution in [2.24, 2.45) is 10.8 Å². The van der Waals surface area contributed by atoms with Crippen molar-refractivity contribution in [2.75, 3.05) is 41.5 Å². The van der Waals surface area contributed by atoms with Crippen LogP contribution in [0.2, 0.25) is 0 Å². The van der Waals surface area contributed by atoms with Gasteiger partial charge in [-0.05, 0) is 75.3 Å². The Morgan fingerprint density at radius 2 is 1.44 bits per heavy atom. The second kappa shape index (κ2) is 21.3. The number of anilines is 2. The van der Waals surface area contributed by atoms with Crippen molar-refractivity contribution in [3.8, 4) is 22.5 Å². The summed E-state index contributed by atoms with van der Waals surface area (Å²) in [5.74, 6) is 1.07. The highest BCUT2D eigenvalue weighted by Gasteiger charge is 2.35. The Labute approximate surface area is 381 Å². The number of fused-ring (bicyclic) bond motifs is 5. The summed E-state index contributed by atoms with van der Waals surface area (Å²) >= 11 is 0. The average Bonchev–Trinajstić information content (AvgIpc) is 3.65. The quantitative estimate of drug-likeness (QED) is 0.0689. The number of nitrogens with one attached hydrogen (secondary N) is 2. The van der Waals surface area contributed by atoms with E-state index in [0.29, 0.717) is 61.1 Å². The Bertz CT molecular complexity index is 2210. The topological polar surface area (TPSA) is 145 Å². The second-order valence-corrected chi connectivity index (χ2v) is 22.3. The van der Waals surface area contributed by atoms with Gasteiger partial charge in [-0.1, -0.05) is 123 Å².